The molecule has 4 rings (SSSR count). The summed E-state index contributed by atoms with van der Waals surface area (Å²) < 4.78 is 17.4. The SMILES string of the molecule is CCC(=O)OC1CC(C)=C2CC3OC3(C)C2C2OC(=O)C(C)C12. The maximum Gasteiger partial charge on any atom is 0.309 e. The van der Waals surface area contributed by atoms with E-state index in [1.807, 2.05) is 6.92 Å². The van der Waals surface area contributed by atoms with E-state index in [2.05, 4.69) is 13.8 Å². The van der Waals surface area contributed by atoms with E-state index in [0.717, 1.165) is 6.42 Å². The van der Waals surface area contributed by atoms with E-state index in [4.69, 9.17) is 14.2 Å². The monoisotopic (exact) mass is 320 g/mol. The van der Waals surface area contributed by atoms with E-state index in [1.165, 1.54) is 11.1 Å². The molecule has 5 heteroatoms. The van der Waals surface area contributed by atoms with Crippen molar-refractivity contribution in [3.8, 4) is 0 Å². The van der Waals surface area contributed by atoms with Crippen LogP contribution < -0.4 is 0 Å². The van der Waals surface area contributed by atoms with E-state index in [0.29, 0.717) is 12.8 Å². The smallest absolute Gasteiger partial charge is 0.309 e. The highest BCUT2D eigenvalue weighted by molar-refractivity contribution is 5.76. The Morgan fingerprint density at radius 1 is 1.39 bits per heavy atom. The third-order valence-corrected chi connectivity index (χ3v) is 6.34. The van der Waals surface area contributed by atoms with E-state index < -0.39 is 0 Å². The summed E-state index contributed by atoms with van der Waals surface area (Å²) in [6.45, 7) is 7.92. The van der Waals surface area contributed by atoms with Crippen molar-refractivity contribution in [1.29, 1.82) is 0 Å². The molecule has 23 heavy (non-hydrogen) atoms. The Morgan fingerprint density at radius 2 is 2.13 bits per heavy atom. The first-order chi connectivity index (χ1) is 10.9. The molecule has 0 radical (unpaired) electrons. The minimum absolute atomic E-state index is 0.0878. The van der Waals surface area contributed by atoms with Crippen LogP contribution in [0.2, 0.25) is 0 Å². The second-order valence-corrected chi connectivity index (χ2v) is 7.63. The van der Waals surface area contributed by atoms with E-state index in [1.54, 1.807) is 6.92 Å². The molecular weight excluding hydrogens is 296 g/mol. The molecule has 0 amide bonds. The summed E-state index contributed by atoms with van der Waals surface area (Å²) in [5.74, 6) is -0.615. The fraction of sp³-hybridized carbons (Fsp3) is 0.778. The van der Waals surface area contributed by atoms with Crippen LogP contribution in [0.4, 0.5) is 0 Å². The molecule has 2 saturated heterocycles. The largest absolute Gasteiger partial charge is 0.462 e. The Kier molecular flexibility index (Phi) is 3.18. The quantitative estimate of drug-likeness (QED) is 0.444. The molecule has 0 aromatic carbocycles. The number of hydrogen-bond acceptors (Lipinski definition) is 5. The summed E-state index contributed by atoms with van der Waals surface area (Å²) in [6.07, 6.45) is 1.69. The Balaban J connectivity index is 1.74. The average Bonchev–Trinajstić information content (AvgIpc) is 2.97. The Bertz CT molecular complexity index is 609. The first-order valence-electron chi connectivity index (χ1n) is 8.63. The lowest BCUT2D eigenvalue weighted by molar-refractivity contribution is -0.153. The Morgan fingerprint density at radius 3 is 2.83 bits per heavy atom. The van der Waals surface area contributed by atoms with Crippen LogP contribution in [0.1, 0.15) is 47.0 Å². The second kappa shape index (κ2) is 4.82. The fourth-order valence-corrected chi connectivity index (χ4v) is 4.95. The van der Waals surface area contributed by atoms with Gasteiger partial charge in [-0.05, 0) is 20.3 Å². The van der Waals surface area contributed by atoms with Gasteiger partial charge in [-0.25, -0.2) is 0 Å². The highest BCUT2D eigenvalue weighted by atomic mass is 16.6. The van der Waals surface area contributed by atoms with E-state index in [9.17, 15) is 9.59 Å². The predicted molar refractivity (Wildman–Crippen MR) is 81.4 cm³/mol. The van der Waals surface area contributed by atoms with Crippen molar-refractivity contribution in [2.45, 2.75) is 70.9 Å². The molecule has 7 unspecified atom stereocenters. The number of fused-ring (bicyclic) bond motifs is 5. The predicted octanol–water partition coefficient (Wildman–Crippen LogP) is 2.38. The first kappa shape index (κ1) is 15.2. The van der Waals surface area contributed by atoms with Crippen molar-refractivity contribution in [3.63, 3.8) is 0 Å². The van der Waals surface area contributed by atoms with Gasteiger partial charge in [0.25, 0.3) is 0 Å². The third-order valence-electron chi connectivity index (χ3n) is 6.34. The van der Waals surface area contributed by atoms with Gasteiger partial charge in [0.05, 0.1) is 12.0 Å². The van der Waals surface area contributed by atoms with Gasteiger partial charge in [-0.1, -0.05) is 25.0 Å². The van der Waals surface area contributed by atoms with Crippen molar-refractivity contribution < 1.29 is 23.8 Å². The number of rotatable bonds is 2. The molecule has 1 saturated carbocycles. The maximum absolute atomic E-state index is 12.2. The number of hydrogen-bond donors (Lipinski definition) is 0. The van der Waals surface area contributed by atoms with Crippen LogP contribution in [-0.2, 0) is 23.8 Å². The zero-order valence-electron chi connectivity index (χ0n) is 14.1. The van der Waals surface area contributed by atoms with Crippen LogP contribution in [0.25, 0.3) is 0 Å². The van der Waals surface area contributed by atoms with Gasteiger partial charge in [-0.2, -0.15) is 0 Å². The number of carbonyl (C=O) groups is 2. The zero-order valence-corrected chi connectivity index (χ0v) is 14.1. The van der Waals surface area contributed by atoms with Crippen LogP contribution >= 0.6 is 0 Å². The average molecular weight is 320 g/mol. The number of epoxide rings is 1. The molecule has 0 N–H and O–H groups in total. The molecule has 0 aromatic heterocycles. The summed E-state index contributed by atoms with van der Waals surface area (Å²) in [4.78, 5) is 24.1. The molecule has 2 heterocycles. The summed E-state index contributed by atoms with van der Waals surface area (Å²) >= 11 is 0. The lowest BCUT2D eigenvalue weighted by Crippen LogP contribution is -2.41. The number of ether oxygens (including phenoxy) is 3. The molecule has 2 aliphatic heterocycles. The Labute approximate surface area is 136 Å². The van der Waals surface area contributed by atoms with Gasteiger partial charge in [0.2, 0.25) is 0 Å². The van der Waals surface area contributed by atoms with Crippen LogP contribution in [-0.4, -0.2) is 35.9 Å². The Hall–Kier alpha value is -1.36. The van der Waals surface area contributed by atoms with Gasteiger partial charge in [-0.3, -0.25) is 9.59 Å². The lowest BCUT2D eigenvalue weighted by atomic mass is 9.78. The van der Waals surface area contributed by atoms with Gasteiger partial charge in [0, 0.05) is 24.7 Å². The van der Waals surface area contributed by atoms with Crippen LogP contribution in [0, 0.1) is 17.8 Å². The molecule has 5 nitrogen and oxygen atoms in total. The third kappa shape index (κ3) is 2.02. The first-order valence-corrected chi connectivity index (χ1v) is 8.63. The second-order valence-electron chi connectivity index (χ2n) is 7.63. The zero-order chi connectivity index (χ0) is 16.5. The molecule has 0 aromatic rings. The maximum atomic E-state index is 12.2. The summed E-state index contributed by atoms with van der Waals surface area (Å²) in [6, 6.07) is 0. The molecule has 3 fully saturated rings. The van der Waals surface area contributed by atoms with Gasteiger partial charge in [0.15, 0.2) is 0 Å². The molecule has 7 atom stereocenters. The summed E-state index contributed by atoms with van der Waals surface area (Å²) in [5.41, 5.74) is 2.42. The van der Waals surface area contributed by atoms with Gasteiger partial charge in [-0.15, -0.1) is 0 Å². The highest BCUT2D eigenvalue weighted by Crippen LogP contribution is 2.62. The normalized spacial score (nSPS) is 47.4. The molecule has 0 bridgehead atoms. The van der Waals surface area contributed by atoms with Crippen molar-refractivity contribution in [2.75, 3.05) is 0 Å². The van der Waals surface area contributed by atoms with E-state index >= 15 is 0 Å². The van der Waals surface area contributed by atoms with Crippen molar-refractivity contribution >= 4 is 11.9 Å². The van der Waals surface area contributed by atoms with E-state index in [-0.39, 0.29) is 53.6 Å². The van der Waals surface area contributed by atoms with Crippen molar-refractivity contribution in [1.82, 2.24) is 0 Å². The number of carbonyl (C=O) groups excluding carboxylic acids is 2. The lowest BCUT2D eigenvalue weighted by Gasteiger charge is -2.31. The topological polar surface area (TPSA) is 65.1 Å². The summed E-state index contributed by atoms with van der Waals surface area (Å²) in [5, 5.41) is 0. The van der Waals surface area contributed by atoms with Crippen LogP contribution in [0.15, 0.2) is 11.1 Å². The molecular formula is C18H24O5. The van der Waals surface area contributed by atoms with Crippen molar-refractivity contribution in [2.24, 2.45) is 17.8 Å². The number of esters is 2. The molecule has 126 valence electrons. The highest BCUT2D eigenvalue weighted by Gasteiger charge is 2.70. The molecule has 2 aliphatic carbocycles. The standard InChI is InChI=1S/C18H24O5/c1-5-13(19)21-11-6-8(2)10-7-12-18(4,23-12)15(10)16-14(11)9(3)17(20)22-16/h9,11-12,14-16H,5-7H2,1-4H3. The minimum Gasteiger partial charge on any atom is -0.462 e. The van der Waals surface area contributed by atoms with Crippen molar-refractivity contribution in [3.05, 3.63) is 11.1 Å². The summed E-state index contributed by atoms with van der Waals surface area (Å²) in [7, 11) is 0. The van der Waals surface area contributed by atoms with Gasteiger partial charge >= 0.3 is 11.9 Å². The molecule has 4 aliphatic rings. The van der Waals surface area contributed by atoms with Crippen LogP contribution in [0.3, 0.4) is 0 Å². The van der Waals surface area contributed by atoms with Crippen LogP contribution in [0.5, 0.6) is 0 Å². The fourth-order valence-electron chi connectivity index (χ4n) is 4.95. The van der Waals surface area contributed by atoms with Gasteiger partial charge in [0.1, 0.15) is 17.8 Å². The molecule has 0 spiro atoms. The van der Waals surface area contributed by atoms with Gasteiger partial charge < -0.3 is 14.2 Å². The minimum atomic E-state index is -0.284.